The van der Waals surface area contributed by atoms with E-state index in [-0.39, 0.29) is 11.8 Å². The van der Waals surface area contributed by atoms with Gasteiger partial charge in [-0.2, -0.15) is 4.98 Å². The Morgan fingerprint density at radius 1 is 1.41 bits per heavy atom. The maximum atomic E-state index is 13.3. The number of hydrogen-bond donors (Lipinski definition) is 2. The fraction of sp³-hybridized carbons (Fsp3) is 0.0909. The number of rotatable bonds is 2. The predicted molar refractivity (Wildman–Crippen MR) is 65.9 cm³/mol. The smallest absolute Gasteiger partial charge is 0.222 e. The van der Waals surface area contributed by atoms with E-state index in [0.29, 0.717) is 22.1 Å². The minimum absolute atomic E-state index is 0.101. The Bertz CT molecular complexity index is 559. The van der Waals surface area contributed by atoms with Gasteiger partial charge in [-0.25, -0.2) is 9.37 Å². The summed E-state index contributed by atoms with van der Waals surface area (Å²) in [5.74, 6) is 0.153. The summed E-state index contributed by atoms with van der Waals surface area (Å²) in [5.41, 5.74) is 6.56. The number of nitrogens with zero attached hydrogens (tertiary/aromatic N) is 2. The van der Waals surface area contributed by atoms with E-state index < -0.39 is 0 Å². The van der Waals surface area contributed by atoms with E-state index in [4.69, 9.17) is 17.3 Å². The third-order valence-corrected chi connectivity index (χ3v) is 2.47. The average molecular weight is 253 g/mol. The van der Waals surface area contributed by atoms with Crippen molar-refractivity contribution in [2.45, 2.75) is 6.92 Å². The molecule has 4 nitrogen and oxygen atoms in total. The summed E-state index contributed by atoms with van der Waals surface area (Å²) in [4.78, 5) is 7.65. The van der Waals surface area contributed by atoms with E-state index in [1.54, 1.807) is 19.1 Å². The summed E-state index contributed by atoms with van der Waals surface area (Å²) >= 11 is 5.88. The number of hydrogen-bond acceptors (Lipinski definition) is 4. The minimum Gasteiger partial charge on any atom is -0.368 e. The second-order valence-electron chi connectivity index (χ2n) is 3.51. The van der Waals surface area contributed by atoms with Crippen LogP contribution in [0, 0.1) is 12.7 Å². The fourth-order valence-electron chi connectivity index (χ4n) is 1.28. The molecule has 1 aromatic carbocycles. The Morgan fingerprint density at radius 3 is 2.88 bits per heavy atom. The monoisotopic (exact) mass is 252 g/mol. The Morgan fingerprint density at radius 2 is 2.18 bits per heavy atom. The molecule has 2 rings (SSSR count). The van der Waals surface area contributed by atoms with Crippen molar-refractivity contribution < 1.29 is 4.39 Å². The summed E-state index contributed by atoms with van der Waals surface area (Å²) < 4.78 is 13.3. The largest absolute Gasteiger partial charge is 0.368 e. The molecule has 0 aliphatic rings. The molecular weight excluding hydrogens is 243 g/mol. The molecule has 0 bridgehead atoms. The van der Waals surface area contributed by atoms with Crippen molar-refractivity contribution in [3.63, 3.8) is 0 Å². The van der Waals surface area contributed by atoms with Gasteiger partial charge in [-0.1, -0.05) is 17.7 Å². The number of nitrogens with one attached hydrogen (secondary N) is 1. The molecule has 2 aromatic rings. The first kappa shape index (κ1) is 11.6. The van der Waals surface area contributed by atoms with Crippen molar-refractivity contribution in [3.05, 3.63) is 40.8 Å². The van der Waals surface area contributed by atoms with Gasteiger partial charge in [-0.05, 0) is 24.6 Å². The van der Waals surface area contributed by atoms with Crippen LogP contribution in [0.4, 0.5) is 21.8 Å². The SMILES string of the molecule is Cc1ccc(Nc2nc(N)ncc2Cl)cc1F. The van der Waals surface area contributed by atoms with Crippen molar-refractivity contribution in [1.82, 2.24) is 9.97 Å². The fourth-order valence-corrected chi connectivity index (χ4v) is 1.41. The number of aryl methyl sites for hydroxylation is 1. The molecule has 3 N–H and O–H groups in total. The summed E-state index contributed by atoms with van der Waals surface area (Å²) in [7, 11) is 0. The van der Waals surface area contributed by atoms with Gasteiger partial charge in [-0.3, -0.25) is 0 Å². The average Bonchev–Trinajstić information content (AvgIpc) is 2.29. The Hall–Kier alpha value is -1.88. The van der Waals surface area contributed by atoms with Crippen LogP contribution in [0.2, 0.25) is 5.02 Å². The number of aromatic nitrogens is 2. The van der Waals surface area contributed by atoms with Gasteiger partial charge in [0.1, 0.15) is 10.8 Å². The lowest BCUT2D eigenvalue weighted by atomic mass is 10.2. The van der Waals surface area contributed by atoms with Gasteiger partial charge >= 0.3 is 0 Å². The van der Waals surface area contributed by atoms with E-state index in [0.717, 1.165) is 0 Å². The molecule has 0 spiro atoms. The zero-order valence-corrected chi connectivity index (χ0v) is 9.79. The molecule has 17 heavy (non-hydrogen) atoms. The van der Waals surface area contributed by atoms with Gasteiger partial charge in [0.25, 0.3) is 0 Å². The third-order valence-electron chi connectivity index (χ3n) is 2.20. The zero-order chi connectivity index (χ0) is 12.4. The second kappa shape index (κ2) is 4.55. The first-order valence-electron chi connectivity index (χ1n) is 4.87. The number of anilines is 3. The van der Waals surface area contributed by atoms with Crippen LogP contribution in [-0.4, -0.2) is 9.97 Å². The maximum absolute atomic E-state index is 13.3. The van der Waals surface area contributed by atoms with Crippen LogP contribution in [0.25, 0.3) is 0 Å². The van der Waals surface area contributed by atoms with Crippen molar-refractivity contribution in [2.75, 3.05) is 11.1 Å². The van der Waals surface area contributed by atoms with Crippen LogP contribution < -0.4 is 11.1 Å². The molecule has 0 aliphatic heterocycles. The Kier molecular flexibility index (Phi) is 3.10. The molecule has 0 saturated heterocycles. The molecule has 0 aliphatic carbocycles. The first-order chi connectivity index (χ1) is 8.06. The van der Waals surface area contributed by atoms with E-state index >= 15 is 0 Å². The molecule has 0 radical (unpaired) electrons. The topological polar surface area (TPSA) is 63.8 Å². The predicted octanol–water partition coefficient (Wildman–Crippen LogP) is 2.90. The third kappa shape index (κ3) is 2.62. The van der Waals surface area contributed by atoms with Gasteiger partial charge in [0, 0.05) is 5.69 Å². The van der Waals surface area contributed by atoms with Crippen LogP contribution in [0.15, 0.2) is 24.4 Å². The highest BCUT2D eigenvalue weighted by Crippen LogP contribution is 2.24. The van der Waals surface area contributed by atoms with Crippen LogP contribution in [0.1, 0.15) is 5.56 Å². The van der Waals surface area contributed by atoms with Crippen molar-refractivity contribution in [2.24, 2.45) is 0 Å². The molecule has 1 heterocycles. The minimum atomic E-state index is -0.298. The first-order valence-corrected chi connectivity index (χ1v) is 5.25. The summed E-state index contributed by atoms with van der Waals surface area (Å²) in [6.07, 6.45) is 1.39. The van der Waals surface area contributed by atoms with E-state index in [2.05, 4.69) is 15.3 Å². The highest BCUT2D eigenvalue weighted by Gasteiger charge is 2.05. The molecular formula is C11H10ClFN4. The molecule has 0 fully saturated rings. The molecule has 0 atom stereocenters. The number of nitrogens with two attached hydrogens (primary N) is 1. The van der Waals surface area contributed by atoms with E-state index in [9.17, 15) is 4.39 Å². The van der Waals surface area contributed by atoms with Crippen molar-refractivity contribution in [3.8, 4) is 0 Å². The number of halogens is 2. The van der Waals surface area contributed by atoms with Crippen LogP contribution in [-0.2, 0) is 0 Å². The lowest BCUT2D eigenvalue weighted by Gasteiger charge is -2.08. The lowest BCUT2D eigenvalue weighted by Crippen LogP contribution is -2.00. The van der Waals surface area contributed by atoms with Gasteiger partial charge in [-0.15, -0.1) is 0 Å². The normalized spacial score (nSPS) is 10.3. The Labute approximate surface area is 103 Å². The summed E-state index contributed by atoms with van der Waals surface area (Å²) in [6.45, 7) is 1.69. The van der Waals surface area contributed by atoms with Gasteiger partial charge < -0.3 is 11.1 Å². The van der Waals surface area contributed by atoms with Crippen molar-refractivity contribution in [1.29, 1.82) is 0 Å². The molecule has 88 valence electrons. The molecule has 1 aromatic heterocycles. The summed E-state index contributed by atoms with van der Waals surface area (Å²) in [6, 6.07) is 4.76. The van der Waals surface area contributed by atoms with E-state index in [1.165, 1.54) is 12.3 Å². The Balaban J connectivity index is 2.31. The number of nitrogen functional groups attached to an aromatic ring is 1. The van der Waals surface area contributed by atoms with Crippen LogP contribution >= 0.6 is 11.6 Å². The zero-order valence-electron chi connectivity index (χ0n) is 9.04. The van der Waals surface area contributed by atoms with Gasteiger partial charge in [0.15, 0.2) is 5.82 Å². The molecule has 6 heteroatoms. The highest BCUT2D eigenvalue weighted by atomic mass is 35.5. The quantitative estimate of drug-likeness (QED) is 0.863. The summed E-state index contributed by atoms with van der Waals surface area (Å²) in [5, 5.41) is 3.20. The standard InChI is InChI=1S/C11H10ClFN4/c1-6-2-3-7(4-9(6)13)16-10-8(12)5-15-11(14)17-10/h2-5H,1H3,(H3,14,15,16,17). The van der Waals surface area contributed by atoms with Gasteiger partial charge in [0.2, 0.25) is 5.95 Å². The number of benzene rings is 1. The second-order valence-corrected chi connectivity index (χ2v) is 3.92. The highest BCUT2D eigenvalue weighted by molar-refractivity contribution is 6.32. The molecule has 0 saturated carbocycles. The lowest BCUT2D eigenvalue weighted by molar-refractivity contribution is 0.619. The van der Waals surface area contributed by atoms with Crippen LogP contribution in [0.5, 0.6) is 0 Å². The van der Waals surface area contributed by atoms with Crippen LogP contribution in [0.3, 0.4) is 0 Å². The van der Waals surface area contributed by atoms with E-state index in [1.807, 2.05) is 0 Å². The molecule has 0 amide bonds. The maximum Gasteiger partial charge on any atom is 0.222 e. The van der Waals surface area contributed by atoms with Gasteiger partial charge in [0.05, 0.1) is 6.20 Å². The molecule has 0 unspecified atom stereocenters. The van der Waals surface area contributed by atoms with Crippen molar-refractivity contribution >= 4 is 29.1 Å².